The summed E-state index contributed by atoms with van der Waals surface area (Å²) in [6.45, 7) is 6.10. The molecule has 0 saturated heterocycles. The summed E-state index contributed by atoms with van der Waals surface area (Å²) < 4.78 is 27.9. The van der Waals surface area contributed by atoms with Gasteiger partial charge in [0.2, 0.25) is 0 Å². The van der Waals surface area contributed by atoms with Crippen LogP contribution in [-0.4, -0.2) is 14.3 Å². The van der Waals surface area contributed by atoms with E-state index >= 15 is 0 Å². The average Bonchev–Trinajstić information content (AvgIpc) is 2.69. The lowest BCUT2D eigenvalue weighted by atomic mass is 10.1. The van der Waals surface area contributed by atoms with Crippen LogP contribution in [-0.2, 0) is 16.6 Å². The number of carbonyl (C=O) groups excluding carboxylic acids is 1. The Hall–Kier alpha value is -3.12. The Morgan fingerprint density at radius 2 is 1.41 bits per heavy atom. The summed E-state index contributed by atoms with van der Waals surface area (Å²) in [4.78, 5) is 12.7. The van der Waals surface area contributed by atoms with Gasteiger partial charge in [0, 0.05) is 12.1 Å². The number of rotatable bonds is 6. The summed E-state index contributed by atoms with van der Waals surface area (Å²) in [5, 5.41) is 2.87. The summed E-state index contributed by atoms with van der Waals surface area (Å²) in [5.41, 5.74) is 4.64. The van der Waals surface area contributed by atoms with Crippen molar-refractivity contribution in [1.82, 2.24) is 5.32 Å². The number of carbonyl (C=O) groups is 1. The van der Waals surface area contributed by atoms with Gasteiger partial charge in [-0.2, -0.15) is 0 Å². The number of sulfonamides is 1. The number of anilines is 1. The van der Waals surface area contributed by atoms with E-state index in [2.05, 4.69) is 10.0 Å². The van der Waals surface area contributed by atoms with Gasteiger partial charge in [0.05, 0.1) is 10.6 Å². The number of aryl methyl sites for hydroxylation is 3. The molecule has 0 unspecified atom stereocenters. The van der Waals surface area contributed by atoms with Gasteiger partial charge in [0.1, 0.15) is 0 Å². The van der Waals surface area contributed by atoms with E-state index in [1.54, 1.807) is 49.4 Å². The molecule has 0 aliphatic rings. The predicted molar refractivity (Wildman–Crippen MR) is 116 cm³/mol. The minimum absolute atomic E-state index is 0.178. The van der Waals surface area contributed by atoms with E-state index in [4.69, 9.17) is 0 Å². The third-order valence-electron chi connectivity index (χ3n) is 4.65. The van der Waals surface area contributed by atoms with Crippen LogP contribution < -0.4 is 10.0 Å². The van der Waals surface area contributed by atoms with Crippen LogP contribution in [0.15, 0.2) is 71.6 Å². The molecule has 0 aromatic heterocycles. The minimum Gasteiger partial charge on any atom is -0.348 e. The number of nitrogens with one attached hydrogen (secondary N) is 2. The molecular formula is C23H24N2O3S. The van der Waals surface area contributed by atoms with Gasteiger partial charge in [0.25, 0.3) is 15.9 Å². The number of hydrogen-bond donors (Lipinski definition) is 2. The van der Waals surface area contributed by atoms with E-state index in [0.29, 0.717) is 17.8 Å². The molecular weight excluding hydrogens is 384 g/mol. The quantitative estimate of drug-likeness (QED) is 0.637. The van der Waals surface area contributed by atoms with Gasteiger partial charge >= 0.3 is 0 Å². The lowest BCUT2D eigenvalue weighted by Crippen LogP contribution is -2.23. The Balaban J connectivity index is 1.75. The third-order valence-corrected chi connectivity index (χ3v) is 6.03. The molecule has 0 bridgehead atoms. The van der Waals surface area contributed by atoms with Gasteiger partial charge in [-0.15, -0.1) is 0 Å². The lowest BCUT2D eigenvalue weighted by molar-refractivity contribution is 0.0951. The molecule has 3 aromatic rings. The molecule has 5 nitrogen and oxygen atoms in total. The Morgan fingerprint density at radius 3 is 2.03 bits per heavy atom. The normalized spacial score (nSPS) is 11.1. The molecule has 1 amide bonds. The lowest BCUT2D eigenvalue weighted by Gasteiger charge is -2.13. The highest BCUT2D eigenvalue weighted by atomic mass is 32.2. The second kappa shape index (κ2) is 8.49. The summed E-state index contributed by atoms with van der Waals surface area (Å²) in [6, 6.07) is 19.5. The van der Waals surface area contributed by atoms with Crippen LogP contribution in [0.4, 0.5) is 5.69 Å². The predicted octanol–water partition coefficient (Wildman–Crippen LogP) is 4.34. The molecule has 29 heavy (non-hydrogen) atoms. The van der Waals surface area contributed by atoms with Crippen molar-refractivity contribution in [1.29, 1.82) is 0 Å². The van der Waals surface area contributed by atoms with Crippen molar-refractivity contribution >= 4 is 21.6 Å². The number of amides is 1. The van der Waals surface area contributed by atoms with Crippen molar-refractivity contribution in [3.8, 4) is 0 Å². The van der Waals surface area contributed by atoms with E-state index in [-0.39, 0.29) is 10.8 Å². The molecule has 0 spiro atoms. The van der Waals surface area contributed by atoms with Crippen molar-refractivity contribution in [2.24, 2.45) is 0 Å². The first-order valence-electron chi connectivity index (χ1n) is 9.28. The van der Waals surface area contributed by atoms with Gasteiger partial charge in [-0.1, -0.05) is 53.6 Å². The molecule has 0 aliphatic heterocycles. The fourth-order valence-electron chi connectivity index (χ4n) is 2.78. The van der Waals surface area contributed by atoms with Gasteiger partial charge in [0.15, 0.2) is 0 Å². The van der Waals surface area contributed by atoms with Gasteiger partial charge in [-0.05, 0) is 56.2 Å². The minimum atomic E-state index is -3.74. The van der Waals surface area contributed by atoms with Crippen LogP contribution in [0, 0.1) is 20.8 Å². The van der Waals surface area contributed by atoms with Crippen molar-refractivity contribution in [3.05, 3.63) is 94.5 Å². The highest BCUT2D eigenvalue weighted by Gasteiger charge is 2.16. The topological polar surface area (TPSA) is 75.3 Å². The molecule has 150 valence electrons. The maximum absolute atomic E-state index is 12.7. The van der Waals surface area contributed by atoms with Crippen LogP contribution in [0.25, 0.3) is 0 Å². The molecule has 0 radical (unpaired) electrons. The summed E-state index contributed by atoms with van der Waals surface area (Å²) in [6.07, 6.45) is 0. The van der Waals surface area contributed by atoms with Crippen molar-refractivity contribution in [3.63, 3.8) is 0 Å². The average molecular weight is 409 g/mol. The first-order chi connectivity index (χ1) is 13.7. The standard InChI is InChI=1S/C23H24N2O3S/c1-16-4-9-19(10-5-16)15-24-23(26)20-11-8-18(3)22(14-20)25-29(27,28)21-12-6-17(2)7-13-21/h4-14,25H,15H2,1-3H3,(H,24,26). The Kier molecular flexibility index (Phi) is 6.03. The molecule has 0 saturated carbocycles. The van der Waals surface area contributed by atoms with Gasteiger partial charge in [-0.3, -0.25) is 9.52 Å². The smallest absolute Gasteiger partial charge is 0.261 e. The van der Waals surface area contributed by atoms with Crippen LogP contribution in [0.5, 0.6) is 0 Å². The van der Waals surface area contributed by atoms with Crippen LogP contribution in [0.2, 0.25) is 0 Å². The Morgan fingerprint density at radius 1 is 0.828 bits per heavy atom. The first-order valence-corrected chi connectivity index (χ1v) is 10.8. The van der Waals surface area contributed by atoms with E-state index in [0.717, 1.165) is 22.3 Å². The fraction of sp³-hybridized carbons (Fsp3) is 0.174. The monoisotopic (exact) mass is 408 g/mol. The van der Waals surface area contributed by atoms with E-state index < -0.39 is 10.0 Å². The Labute approximate surface area is 171 Å². The van der Waals surface area contributed by atoms with Crippen LogP contribution >= 0.6 is 0 Å². The summed E-state index contributed by atoms with van der Waals surface area (Å²) in [7, 11) is -3.74. The van der Waals surface area contributed by atoms with E-state index in [1.807, 2.05) is 38.1 Å². The van der Waals surface area contributed by atoms with Gasteiger partial charge in [-0.25, -0.2) is 8.42 Å². The van der Waals surface area contributed by atoms with Crippen LogP contribution in [0.1, 0.15) is 32.6 Å². The first kappa shape index (κ1) is 20.6. The van der Waals surface area contributed by atoms with Crippen molar-refractivity contribution in [2.75, 3.05) is 4.72 Å². The van der Waals surface area contributed by atoms with E-state index in [9.17, 15) is 13.2 Å². The van der Waals surface area contributed by atoms with E-state index in [1.165, 1.54) is 0 Å². The summed E-state index contributed by atoms with van der Waals surface area (Å²) in [5.74, 6) is -0.263. The molecule has 0 heterocycles. The molecule has 3 aromatic carbocycles. The summed E-state index contributed by atoms with van der Waals surface area (Å²) >= 11 is 0. The Bertz CT molecular complexity index is 1120. The maximum Gasteiger partial charge on any atom is 0.261 e. The highest BCUT2D eigenvalue weighted by molar-refractivity contribution is 7.92. The molecule has 6 heteroatoms. The number of hydrogen-bond acceptors (Lipinski definition) is 3. The van der Waals surface area contributed by atoms with Crippen LogP contribution in [0.3, 0.4) is 0 Å². The number of benzene rings is 3. The maximum atomic E-state index is 12.7. The largest absolute Gasteiger partial charge is 0.348 e. The zero-order valence-corrected chi connectivity index (χ0v) is 17.5. The van der Waals surface area contributed by atoms with Gasteiger partial charge < -0.3 is 5.32 Å². The molecule has 2 N–H and O–H groups in total. The highest BCUT2D eigenvalue weighted by Crippen LogP contribution is 2.22. The molecule has 0 aliphatic carbocycles. The molecule has 3 rings (SSSR count). The van der Waals surface area contributed by atoms with Crippen molar-refractivity contribution < 1.29 is 13.2 Å². The zero-order valence-electron chi connectivity index (χ0n) is 16.7. The van der Waals surface area contributed by atoms with Crippen molar-refractivity contribution in [2.45, 2.75) is 32.2 Å². The fourth-order valence-corrected chi connectivity index (χ4v) is 3.91. The molecule has 0 atom stereocenters. The zero-order chi connectivity index (χ0) is 21.0. The molecule has 0 fully saturated rings. The second-order valence-corrected chi connectivity index (χ2v) is 8.80. The third kappa shape index (κ3) is 5.23. The second-order valence-electron chi connectivity index (χ2n) is 7.12. The SMILES string of the molecule is Cc1ccc(CNC(=O)c2ccc(C)c(NS(=O)(=O)c3ccc(C)cc3)c2)cc1.